The Balaban J connectivity index is 1.82. The molecule has 0 saturated carbocycles. The minimum atomic E-state index is -4.69. The van der Waals surface area contributed by atoms with Gasteiger partial charge >= 0.3 is 6.18 Å². The van der Waals surface area contributed by atoms with Crippen molar-refractivity contribution >= 4 is 12.2 Å². The highest BCUT2D eigenvalue weighted by atomic mass is 19.4. The van der Waals surface area contributed by atoms with Crippen LogP contribution in [0.2, 0.25) is 0 Å². The fourth-order valence-electron chi connectivity index (χ4n) is 2.96. The van der Waals surface area contributed by atoms with Crippen molar-refractivity contribution in [3.8, 4) is 0 Å². The van der Waals surface area contributed by atoms with E-state index < -0.39 is 29.0 Å². The molecular weight excluding hydrogens is 354 g/mol. The molecule has 0 spiro atoms. The third-order valence-corrected chi connectivity index (χ3v) is 4.47. The standard InChI is InChI=1S/C18H15F4NO3/c1-10-4-16-11(5-12(10)8-24)7-23(9-26-16)17(25)14-3-2-13(6-15(14)19)18(20,21)22/h2-3,5-6,8,10H,4,7,9H2,1H3. The molecule has 26 heavy (non-hydrogen) atoms. The second-order valence-corrected chi connectivity index (χ2v) is 6.28. The number of benzene rings is 1. The van der Waals surface area contributed by atoms with E-state index >= 15 is 0 Å². The number of rotatable bonds is 2. The summed E-state index contributed by atoms with van der Waals surface area (Å²) in [5.74, 6) is -1.35. The van der Waals surface area contributed by atoms with Gasteiger partial charge in [0.15, 0.2) is 6.73 Å². The van der Waals surface area contributed by atoms with E-state index in [1.165, 1.54) is 4.90 Å². The molecule has 1 heterocycles. The quantitative estimate of drug-likeness (QED) is 0.590. The van der Waals surface area contributed by atoms with Gasteiger partial charge in [0.25, 0.3) is 5.91 Å². The lowest BCUT2D eigenvalue weighted by Gasteiger charge is -2.33. The number of aldehydes is 1. The maximum absolute atomic E-state index is 14.0. The van der Waals surface area contributed by atoms with E-state index in [1.807, 2.05) is 6.92 Å². The number of nitrogens with zero attached hydrogens (tertiary/aromatic N) is 1. The van der Waals surface area contributed by atoms with Crippen molar-refractivity contribution < 1.29 is 31.9 Å². The van der Waals surface area contributed by atoms with Crippen LogP contribution in [0, 0.1) is 11.7 Å². The van der Waals surface area contributed by atoms with Gasteiger partial charge in [0.1, 0.15) is 17.9 Å². The van der Waals surface area contributed by atoms with Crippen LogP contribution in [0.1, 0.15) is 29.3 Å². The summed E-state index contributed by atoms with van der Waals surface area (Å²) < 4.78 is 57.4. The van der Waals surface area contributed by atoms with Gasteiger partial charge in [-0.3, -0.25) is 9.59 Å². The highest BCUT2D eigenvalue weighted by Gasteiger charge is 2.33. The number of allylic oxidation sites excluding steroid dienone is 2. The Morgan fingerprint density at radius 2 is 2.08 bits per heavy atom. The molecule has 8 heteroatoms. The Hall–Kier alpha value is -2.64. The molecule has 1 aromatic rings. The normalized spacial score (nSPS) is 20.3. The van der Waals surface area contributed by atoms with Crippen LogP contribution < -0.4 is 0 Å². The van der Waals surface area contributed by atoms with Gasteiger partial charge in [0.05, 0.1) is 17.7 Å². The summed E-state index contributed by atoms with van der Waals surface area (Å²) in [6, 6.07) is 1.79. The molecule has 0 fully saturated rings. The summed E-state index contributed by atoms with van der Waals surface area (Å²) in [4.78, 5) is 24.7. The van der Waals surface area contributed by atoms with Crippen LogP contribution in [0.25, 0.3) is 0 Å². The van der Waals surface area contributed by atoms with Gasteiger partial charge in [-0.25, -0.2) is 4.39 Å². The average molecular weight is 369 g/mol. The minimum Gasteiger partial charge on any atom is -0.477 e. The molecule has 0 bridgehead atoms. The Bertz CT molecular complexity index is 826. The van der Waals surface area contributed by atoms with E-state index in [4.69, 9.17) is 4.74 Å². The monoisotopic (exact) mass is 369 g/mol. The molecule has 138 valence electrons. The third-order valence-electron chi connectivity index (χ3n) is 4.47. The number of hydrogen-bond acceptors (Lipinski definition) is 3. The first-order valence-corrected chi connectivity index (χ1v) is 7.88. The number of alkyl halides is 3. The van der Waals surface area contributed by atoms with Crippen molar-refractivity contribution in [2.24, 2.45) is 5.92 Å². The topological polar surface area (TPSA) is 46.6 Å². The molecule has 0 saturated heterocycles. The van der Waals surface area contributed by atoms with Gasteiger partial charge in [-0.2, -0.15) is 13.2 Å². The molecule has 0 aromatic heterocycles. The maximum Gasteiger partial charge on any atom is 0.416 e. The van der Waals surface area contributed by atoms with Crippen molar-refractivity contribution in [1.29, 1.82) is 0 Å². The number of carbonyl (C=O) groups excluding carboxylic acids is 2. The molecule has 1 aliphatic carbocycles. The molecule has 1 aliphatic heterocycles. The second kappa shape index (κ2) is 6.59. The third kappa shape index (κ3) is 3.36. The van der Waals surface area contributed by atoms with E-state index in [-0.39, 0.29) is 19.2 Å². The Morgan fingerprint density at radius 3 is 2.69 bits per heavy atom. The molecule has 1 atom stereocenters. The molecule has 1 aromatic carbocycles. The van der Waals surface area contributed by atoms with E-state index in [0.717, 1.165) is 12.4 Å². The number of ether oxygens (including phenoxy) is 1. The van der Waals surface area contributed by atoms with Crippen LogP contribution in [0.5, 0.6) is 0 Å². The Labute approximate surface area is 146 Å². The first-order valence-electron chi connectivity index (χ1n) is 7.88. The number of amides is 1. The fourth-order valence-corrected chi connectivity index (χ4v) is 2.96. The predicted molar refractivity (Wildman–Crippen MR) is 83.3 cm³/mol. The van der Waals surface area contributed by atoms with Crippen molar-refractivity contribution in [2.45, 2.75) is 19.5 Å². The lowest BCUT2D eigenvalue weighted by Crippen LogP contribution is -2.39. The zero-order valence-corrected chi connectivity index (χ0v) is 13.8. The van der Waals surface area contributed by atoms with E-state index in [9.17, 15) is 27.2 Å². The molecular formula is C18H15F4NO3. The highest BCUT2D eigenvalue weighted by molar-refractivity contribution is 5.95. The highest BCUT2D eigenvalue weighted by Crippen LogP contribution is 2.33. The summed E-state index contributed by atoms with van der Waals surface area (Å²) >= 11 is 0. The fraction of sp³-hybridized carbons (Fsp3) is 0.333. The molecule has 4 nitrogen and oxygen atoms in total. The summed E-state index contributed by atoms with van der Waals surface area (Å²) in [5, 5.41) is 0. The molecule has 0 N–H and O–H groups in total. The lowest BCUT2D eigenvalue weighted by atomic mass is 9.88. The van der Waals surface area contributed by atoms with E-state index in [2.05, 4.69) is 0 Å². The van der Waals surface area contributed by atoms with E-state index in [1.54, 1.807) is 6.08 Å². The van der Waals surface area contributed by atoms with Crippen LogP contribution in [0.3, 0.4) is 0 Å². The van der Waals surface area contributed by atoms with Gasteiger partial charge < -0.3 is 9.64 Å². The predicted octanol–water partition coefficient (Wildman–Crippen LogP) is 3.69. The summed E-state index contributed by atoms with van der Waals surface area (Å²) in [5.41, 5.74) is -0.417. The van der Waals surface area contributed by atoms with Gasteiger partial charge in [-0.05, 0) is 35.8 Å². The first kappa shape index (κ1) is 18.2. The molecule has 3 rings (SSSR count). The zero-order valence-electron chi connectivity index (χ0n) is 13.8. The minimum absolute atomic E-state index is 0.000795. The zero-order chi connectivity index (χ0) is 19.1. The number of carbonyl (C=O) groups is 2. The average Bonchev–Trinajstić information content (AvgIpc) is 2.59. The summed E-state index contributed by atoms with van der Waals surface area (Å²) in [7, 11) is 0. The van der Waals surface area contributed by atoms with Gasteiger partial charge in [0.2, 0.25) is 0 Å². The molecule has 0 radical (unpaired) electrons. The van der Waals surface area contributed by atoms with Crippen molar-refractivity contribution in [3.63, 3.8) is 0 Å². The van der Waals surface area contributed by atoms with Crippen LogP contribution in [-0.4, -0.2) is 30.4 Å². The number of hydrogen-bond donors (Lipinski definition) is 0. The van der Waals surface area contributed by atoms with Crippen LogP contribution in [0.4, 0.5) is 17.6 Å². The van der Waals surface area contributed by atoms with Crippen LogP contribution in [-0.2, 0) is 15.7 Å². The smallest absolute Gasteiger partial charge is 0.416 e. The van der Waals surface area contributed by atoms with Crippen LogP contribution >= 0.6 is 0 Å². The second-order valence-electron chi connectivity index (χ2n) is 6.28. The molecule has 2 aliphatic rings. The van der Waals surface area contributed by atoms with Gasteiger partial charge in [0, 0.05) is 12.0 Å². The van der Waals surface area contributed by atoms with Gasteiger partial charge in [-0.15, -0.1) is 0 Å². The van der Waals surface area contributed by atoms with Gasteiger partial charge in [-0.1, -0.05) is 6.92 Å². The summed E-state index contributed by atoms with van der Waals surface area (Å²) in [6.45, 7) is 1.84. The molecule has 1 amide bonds. The first-order chi connectivity index (χ1) is 12.2. The maximum atomic E-state index is 14.0. The largest absolute Gasteiger partial charge is 0.477 e. The lowest BCUT2D eigenvalue weighted by molar-refractivity contribution is -0.137. The summed E-state index contributed by atoms with van der Waals surface area (Å²) in [6.07, 6.45) is -1.79. The Kier molecular flexibility index (Phi) is 4.60. The Morgan fingerprint density at radius 1 is 1.35 bits per heavy atom. The van der Waals surface area contributed by atoms with E-state index in [0.29, 0.717) is 35.5 Å². The van der Waals surface area contributed by atoms with Crippen molar-refractivity contribution in [3.05, 3.63) is 58.1 Å². The van der Waals surface area contributed by atoms with Crippen molar-refractivity contribution in [2.75, 3.05) is 13.3 Å². The molecule has 1 unspecified atom stereocenters. The SMILES string of the molecule is CC1CC2=C(C=C1C=O)CN(C(=O)c1ccc(C(F)(F)F)cc1F)CO2. The number of halogens is 4. The van der Waals surface area contributed by atoms with Crippen molar-refractivity contribution in [1.82, 2.24) is 4.90 Å². The van der Waals surface area contributed by atoms with Crippen LogP contribution in [0.15, 0.2) is 41.2 Å².